The molecule has 0 aliphatic heterocycles. The topological polar surface area (TPSA) is 9.23 Å². The second-order valence-electron chi connectivity index (χ2n) is 4.62. The van der Waals surface area contributed by atoms with Crippen molar-refractivity contribution in [2.24, 2.45) is 0 Å². The summed E-state index contributed by atoms with van der Waals surface area (Å²) in [6.07, 6.45) is -4.21. The molecule has 0 radical (unpaired) electrons. The standard InChI is InChI=1S/C16H15F3O/c1-11(16(17,18)19)12-6-8-13(9-7-12)14-4-3-5-15(10-14)20-2/h3-11H,1-2H3. The Balaban J connectivity index is 2.28. The Kier molecular flexibility index (Phi) is 4.02. The average Bonchev–Trinajstić information content (AvgIpc) is 2.46. The van der Waals surface area contributed by atoms with E-state index >= 15 is 0 Å². The Hall–Kier alpha value is -1.97. The molecule has 0 spiro atoms. The molecular weight excluding hydrogens is 265 g/mol. The minimum absolute atomic E-state index is 0.268. The van der Waals surface area contributed by atoms with Gasteiger partial charge in [0, 0.05) is 0 Å². The van der Waals surface area contributed by atoms with Crippen LogP contribution in [-0.2, 0) is 0 Å². The van der Waals surface area contributed by atoms with Gasteiger partial charge in [0.1, 0.15) is 5.75 Å². The van der Waals surface area contributed by atoms with E-state index in [4.69, 9.17) is 4.74 Å². The first-order valence-corrected chi connectivity index (χ1v) is 6.23. The summed E-state index contributed by atoms with van der Waals surface area (Å²) in [6, 6.07) is 13.9. The lowest BCUT2D eigenvalue weighted by molar-refractivity contribution is -0.146. The van der Waals surface area contributed by atoms with Crippen LogP contribution in [0.5, 0.6) is 5.75 Å². The number of methoxy groups -OCH3 is 1. The molecule has 20 heavy (non-hydrogen) atoms. The molecule has 0 aliphatic carbocycles. The van der Waals surface area contributed by atoms with Crippen molar-refractivity contribution < 1.29 is 17.9 Å². The maximum absolute atomic E-state index is 12.6. The summed E-state index contributed by atoms with van der Waals surface area (Å²) in [4.78, 5) is 0. The number of halogens is 3. The molecule has 1 unspecified atom stereocenters. The molecule has 1 nitrogen and oxygen atoms in total. The van der Waals surface area contributed by atoms with Crippen LogP contribution >= 0.6 is 0 Å². The third kappa shape index (κ3) is 3.13. The molecule has 106 valence electrons. The lowest BCUT2D eigenvalue weighted by Crippen LogP contribution is -2.17. The van der Waals surface area contributed by atoms with Crippen molar-refractivity contribution in [2.75, 3.05) is 7.11 Å². The first-order valence-electron chi connectivity index (χ1n) is 6.23. The third-order valence-corrected chi connectivity index (χ3v) is 3.30. The number of benzene rings is 2. The van der Waals surface area contributed by atoms with Crippen LogP contribution in [0.3, 0.4) is 0 Å². The molecule has 0 saturated heterocycles. The molecule has 0 saturated carbocycles. The van der Waals surface area contributed by atoms with Crippen molar-refractivity contribution >= 4 is 0 Å². The van der Waals surface area contributed by atoms with Gasteiger partial charge in [-0.1, -0.05) is 36.4 Å². The average molecular weight is 280 g/mol. The fraction of sp³-hybridized carbons (Fsp3) is 0.250. The van der Waals surface area contributed by atoms with Crippen molar-refractivity contribution in [1.29, 1.82) is 0 Å². The van der Waals surface area contributed by atoms with Crippen LogP contribution in [0, 0.1) is 0 Å². The van der Waals surface area contributed by atoms with E-state index < -0.39 is 12.1 Å². The van der Waals surface area contributed by atoms with E-state index in [1.54, 1.807) is 19.2 Å². The second-order valence-corrected chi connectivity index (χ2v) is 4.62. The third-order valence-electron chi connectivity index (χ3n) is 3.30. The summed E-state index contributed by atoms with van der Waals surface area (Å²) in [7, 11) is 1.58. The molecule has 0 amide bonds. The van der Waals surface area contributed by atoms with Crippen molar-refractivity contribution in [1.82, 2.24) is 0 Å². The highest BCUT2D eigenvalue weighted by Gasteiger charge is 2.36. The number of ether oxygens (including phenoxy) is 1. The Morgan fingerprint density at radius 3 is 2.15 bits per heavy atom. The zero-order valence-electron chi connectivity index (χ0n) is 11.2. The quantitative estimate of drug-likeness (QED) is 0.766. The van der Waals surface area contributed by atoms with Gasteiger partial charge in [0.15, 0.2) is 0 Å². The smallest absolute Gasteiger partial charge is 0.395 e. The van der Waals surface area contributed by atoms with Gasteiger partial charge in [0.25, 0.3) is 0 Å². The summed E-state index contributed by atoms with van der Waals surface area (Å²) in [5, 5.41) is 0. The van der Waals surface area contributed by atoms with Crippen LogP contribution < -0.4 is 4.74 Å². The zero-order valence-corrected chi connectivity index (χ0v) is 11.2. The highest BCUT2D eigenvalue weighted by Crippen LogP contribution is 2.35. The molecule has 0 aromatic heterocycles. The normalized spacial score (nSPS) is 13.1. The van der Waals surface area contributed by atoms with Gasteiger partial charge in [0.05, 0.1) is 13.0 Å². The van der Waals surface area contributed by atoms with Crippen molar-refractivity contribution in [3.63, 3.8) is 0 Å². The number of hydrogen-bond acceptors (Lipinski definition) is 1. The van der Waals surface area contributed by atoms with Gasteiger partial charge in [-0.05, 0) is 35.7 Å². The second kappa shape index (κ2) is 5.57. The van der Waals surface area contributed by atoms with E-state index in [1.807, 2.05) is 24.3 Å². The molecule has 4 heteroatoms. The predicted octanol–water partition coefficient (Wildman–Crippen LogP) is 5.03. The summed E-state index contributed by atoms with van der Waals surface area (Å²) in [5.74, 6) is -0.739. The van der Waals surface area contributed by atoms with Crippen molar-refractivity contribution in [3.05, 3.63) is 54.1 Å². The fourth-order valence-corrected chi connectivity index (χ4v) is 1.96. The molecule has 2 aromatic rings. The first kappa shape index (κ1) is 14.4. The summed E-state index contributed by atoms with van der Waals surface area (Å²) >= 11 is 0. The molecule has 0 N–H and O–H groups in total. The van der Waals surface area contributed by atoms with Gasteiger partial charge in [0.2, 0.25) is 0 Å². The number of hydrogen-bond donors (Lipinski definition) is 0. The maximum Gasteiger partial charge on any atom is 0.395 e. The minimum Gasteiger partial charge on any atom is -0.497 e. The van der Waals surface area contributed by atoms with E-state index in [0.29, 0.717) is 0 Å². The first-order chi connectivity index (χ1) is 9.41. The molecule has 0 aliphatic rings. The molecule has 0 fully saturated rings. The molecule has 1 atom stereocenters. The Morgan fingerprint density at radius 1 is 0.950 bits per heavy atom. The van der Waals surface area contributed by atoms with E-state index in [9.17, 15) is 13.2 Å². The molecular formula is C16H15F3O. The monoisotopic (exact) mass is 280 g/mol. The van der Waals surface area contributed by atoms with Gasteiger partial charge in [-0.2, -0.15) is 13.2 Å². The lowest BCUT2D eigenvalue weighted by atomic mass is 9.97. The highest BCUT2D eigenvalue weighted by atomic mass is 19.4. The fourth-order valence-electron chi connectivity index (χ4n) is 1.96. The summed E-state index contributed by atoms with van der Waals surface area (Å²) < 4.78 is 43.1. The van der Waals surface area contributed by atoms with E-state index in [1.165, 1.54) is 19.1 Å². The van der Waals surface area contributed by atoms with Crippen LogP contribution in [0.4, 0.5) is 13.2 Å². The van der Waals surface area contributed by atoms with E-state index in [-0.39, 0.29) is 5.56 Å². The Morgan fingerprint density at radius 2 is 1.60 bits per heavy atom. The van der Waals surface area contributed by atoms with Gasteiger partial charge >= 0.3 is 6.18 Å². The summed E-state index contributed by atoms with van der Waals surface area (Å²) in [5.41, 5.74) is 2.04. The molecule has 2 aromatic carbocycles. The highest BCUT2D eigenvalue weighted by molar-refractivity contribution is 5.65. The van der Waals surface area contributed by atoms with Crippen molar-refractivity contribution in [3.8, 4) is 16.9 Å². The predicted molar refractivity (Wildman–Crippen MR) is 72.9 cm³/mol. The Labute approximate surface area is 116 Å². The molecule has 2 rings (SSSR count). The summed E-state index contributed by atoms with van der Waals surface area (Å²) in [6.45, 7) is 1.17. The van der Waals surface area contributed by atoms with E-state index in [0.717, 1.165) is 16.9 Å². The van der Waals surface area contributed by atoms with Crippen LogP contribution in [-0.4, -0.2) is 13.3 Å². The number of alkyl halides is 3. The minimum atomic E-state index is -4.21. The number of rotatable bonds is 3. The molecule has 0 heterocycles. The van der Waals surface area contributed by atoms with Gasteiger partial charge in [-0.3, -0.25) is 0 Å². The van der Waals surface area contributed by atoms with Crippen molar-refractivity contribution in [2.45, 2.75) is 19.0 Å². The van der Waals surface area contributed by atoms with Gasteiger partial charge < -0.3 is 4.74 Å². The van der Waals surface area contributed by atoms with E-state index in [2.05, 4.69) is 0 Å². The van der Waals surface area contributed by atoms with Gasteiger partial charge in [-0.15, -0.1) is 0 Å². The molecule has 0 bridgehead atoms. The van der Waals surface area contributed by atoms with Crippen LogP contribution in [0.15, 0.2) is 48.5 Å². The SMILES string of the molecule is COc1cccc(-c2ccc(C(C)C(F)(F)F)cc2)c1. The van der Waals surface area contributed by atoms with Crippen LogP contribution in [0.25, 0.3) is 11.1 Å². The Bertz CT molecular complexity index is 573. The lowest BCUT2D eigenvalue weighted by Gasteiger charge is -2.16. The van der Waals surface area contributed by atoms with Crippen LogP contribution in [0.2, 0.25) is 0 Å². The maximum atomic E-state index is 12.6. The largest absolute Gasteiger partial charge is 0.497 e. The zero-order chi connectivity index (χ0) is 14.8. The van der Waals surface area contributed by atoms with Crippen LogP contribution in [0.1, 0.15) is 18.4 Å². The van der Waals surface area contributed by atoms with Gasteiger partial charge in [-0.25, -0.2) is 0 Å².